The van der Waals surface area contributed by atoms with E-state index in [0.29, 0.717) is 23.5 Å². The molecule has 1 heterocycles. The SMILES string of the molecule is CCCNC(=O)c1ccc(CO[N+](Cl)=C(C)c2ccc(O)cn2)cc1. The summed E-state index contributed by atoms with van der Waals surface area (Å²) in [5.41, 5.74) is 2.67. The van der Waals surface area contributed by atoms with Crippen LogP contribution in [0.1, 0.15) is 41.9 Å². The highest BCUT2D eigenvalue weighted by Gasteiger charge is 2.15. The second-order valence-electron chi connectivity index (χ2n) is 5.46. The summed E-state index contributed by atoms with van der Waals surface area (Å²) >= 11 is 6.10. The fourth-order valence-corrected chi connectivity index (χ4v) is 2.15. The second kappa shape index (κ2) is 9.03. The van der Waals surface area contributed by atoms with E-state index in [4.69, 9.17) is 16.6 Å². The third kappa shape index (κ3) is 5.46. The summed E-state index contributed by atoms with van der Waals surface area (Å²) in [7, 11) is 0. The number of aromatic nitrogens is 1. The van der Waals surface area contributed by atoms with E-state index in [9.17, 15) is 9.90 Å². The van der Waals surface area contributed by atoms with Crippen molar-refractivity contribution >= 4 is 23.4 Å². The van der Waals surface area contributed by atoms with E-state index in [1.807, 2.05) is 19.1 Å². The number of hydrogen-bond donors (Lipinski definition) is 2. The smallest absolute Gasteiger partial charge is 0.319 e. The Morgan fingerprint density at radius 3 is 2.60 bits per heavy atom. The van der Waals surface area contributed by atoms with Crippen molar-refractivity contribution in [3.63, 3.8) is 0 Å². The number of nitrogens with one attached hydrogen (secondary N) is 1. The first-order valence-electron chi connectivity index (χ1n) is 7.96. The molecule has 0 fully saturated rings. The summed E-state index contributed by atoms with van der Waals surface area (Å²) in [4.78, 5) is 21.4. The average molecular weight is 363 g/mol. The van der Waals surface area contributed by atoms with Crippen molar-refractivity contribution in [2.45, 2.75) is 26.9 Å². The van der Waals surface area contributed by atoms with Crippen LogP contribution in [0.15, 0.2) is 42.6 Å². The van der Waals surface area contributed by atoms with Gasteiger partial charge in [-0.05, 0) is 36.2 Å². The minimum atomic E-state index is -0.0872. The van der Waals surface area contributed by atoms with Gasteiger partial charge in [0.25, 0.3) is 11.6 Å². The van der Waals surface area contributed by atoms with Crippen molar-refractivity contribution in [1.29, 1.82) is 0 Å². The molecule has 7 heteroatoms. The van der Waals surface area contributed by atoms with Crippen molar-refractivity contribution in [1.82, 2.24) is 10.3 Å². The molecule has 2 N–H and O–H groups in total. The molecule has 1 amide bonds. The van der Waals surface area contributed by atoms with Crippen LogP contribution < -0.4 is 5.32 Å². The lowest BCUT2D eigenvalue weighted by Crippen LogP contribution is -2.23. The number of rotatable bonds is 7. The van der Waals surface area contributed by atoms with Gasteiger partial charge in [0.05, 0.1) is 10.5 Å². The van der Waals surface area contributed by atoms with Crippen molar-refractivity contribution in [2.75, 3.05) is 6.54 Å². The van der Waals surface area contributed by atoms with Crippen molar-refractivity contribution in [2.24, 2.45) is 0 Å². The van der Waals surface area contributed by atoms with Gasteiger partial charge in [-0.1, -0.05) is 19.1 Å². The lowest BCUT2D eigenvalue weighted by Gasteiger charge is -2.04. The predicted octanol–water partition coefficient (Wildman–Crippen LogP) is 3.03. The molecule has 2 rings (SSSR count). The number of pyridine rings is 1. The third-order valence-electron chi connectivity index (χ3n) is 3.48. The van der Waals surface area contributed by atoms with Gasteiger partial charge in [-0.2, -0.15) is 0 Å². The van der Waals surface area contributed by atoms with E-state index in [1.165, 1.54) is 12.3 Å². The zero-order valence-corrected chi connectivity index (χ0v) is 15.0. The molecular weight excluding hydrogens is 342 g/mol. The molecule has 132 valence electrons. The van der Waals surface area contributed by atoms with E-state index in [-0.39, 0.29) is 18.3 Å². The van der Waals surface area contributed by atoms with Crippen LogP contribution in [0.4, 0.5) is 0 Å². The van der Waals surface area contributed by atoms with Gasteiger partial charge < -0.3 is 10.4 Å². The van der Waals surface area contributed by atoms with Gasteiger partial charge >= 0.3 is 11.8 Å². The molecule has 1 aromatic heterocycles. The maximum Gasteiger partial charge on any atom is 0.319 e. The van der Waals surface area contributed by atoms with Gasteiger partial charge in [0, 0.05) is 19.0 Å². The van der Waals surface area contributed by atoms with Gasteiger partial charge in [-0.15, -0.1) is 0 Å². The van der Waals surface area contributed by atoms with Crippen LogP contribution in [0.5, 0.6) is 5.75 Å². The summed E-state index contributed by atoms with van der Waals surface area (Å²) in [5.74, 6) is -0.00229. The van der Waals surface area contributed by atoms with Gasteiger partial charge in [0.2, 0.25) is 0 Å². The summed E-state index contributed by atoms with van der Waals surface area (Å²) in [6, 6.07) is 10.3. The molecule has 0 radical (unpaired) electrons. The number of carbonyl (C=O) groups is 1. The average Bonchev–Trinajstić information content (AvgIpc) is 2.64. The Morgan fingerprint density at radius 2 is 2.00 bits per heavy atom. The highest BCUT2D eigenvalue weighted by molar-refractivity contribution is 6.10. The van der Waals surface area contributed by atoms with Crippen molar-refractivity contribution in [3.05, 3.63) is 59.4 Å². The Labute approximate surface area is 151 Å². The maximum absolute atomic E-state index is 11.9. The first kappa shape index (κ1) is 18.7. The Balaban J connectivity index is 1.97. The molecule has 1 aromatic carbocycles. The first-order valence-corrected chi connectivity index (χ1v) is 8.30. The molecule has 25 heavy (non-hydrogen) atoms. The number of aromatic hydroxyl groups is 1. The van der Waals surface area contributed by atoms with Gasteiger partial charge in [0.1, 0.15) is 11.4 Å². The van der Waals surface area contributed by atoms with Crippen LogP contribution in [0.2, 0.25) is 0 Å². The minimum Gasteiger partial charge on any atom is -0.506 e. The van der Waals surface area contributed by atoms with E-state index in [0.717, 1.165) is 16.2 Å². The molecule has 0 saturated carbocycles. The molecule has 0 aliphatic rings. The Kier molecular flexibility index (Phi) is 6.77. The molecule has 0 aliphatic heterocycles. The zero-order valence-electron chi connectivity index (χ0n) is 14.2. The molecule has 6 nitrogen and oxygen atoms in total. The monoisotopic (exact) mass is 362 g/mol. The van der Waals surface area contributed by atoms with E-state index < -0.39 is 0 Å². The first-order chi connectivity index (χ1) is 12.0. The Hall–Kier alpha value is -2.60. The molecule has 0 aliphatic carbocycles. The van der Waals surface area contributed by atoms with Crippen molar-refractivity contribution in [3.8, 4) is 5.75 Å². The molecule has 2 aromatic rings. The second-order valence-corrected chi connectivity index (χ2v) is 5.77. The summed E-state index contributed by atoms with van der Waals surface area (Å²) in [5, 5.41) is 12.1. The van der Waals surface area contributed by atoms with Gasteiger partial charge in [-0.3, -0.25) is 9.63 Å². The van der Waals surface area contributed by atoms with Crippen LogP contribution >= 0.6 is 11.8 Å². The molecular formula is C18H21ClN3O3+. The summed E-state index contributed by atoms with van der Waals surface area (Å²) in [6.07, 6.45) is 2.24. The molecule has 0 spiro atoms. The topological polar surface area (TPSA) is 74.5 Å². The fourth-order valence-electron chi connectivity index (χ4n) is 2.01. The number of benzene rings is 1. The highest BCUT2D eigenvalue weighted by Crippen LogP contribution is 2.10. The zero-order chi connectivity index (χ0) is 18.2. The molecule has 0 atom stereocenters. The highest BCUT2D eigenvalue weighted by atomic mass is 35.5. The van der Waals surface area contributed by atoms with Crippen LogP contribution in [0.3, 0.4) is 0 Å². The minimum absolute atomic E-state index is 0.0849. The number of amides is 1. The number of nitrogens with zero attached hydrogens (tertiary/aromatic N) is 2. The van der Waals surface area contributed by atoms with Gasteiger partial charge in [-0.25, -0.2) is 4.98 Å². The Morgan fingerprint density at radius 1 is 1.28 bits per heavy atom. The van der Waals surface area contributed by atoms with E-state index in [1.54, 1.807) is 25.1 Å². The van der Waals surface area contributed by atoms with Gasteiger partial charge in [0.15, 0.2) is 6.61 Å². The Bertz CT molecular complexity index is 743. The number of hydrogen-bond acceptors (Lipinski definition) is 4. The predicted molar refractivity (Wildman–Crippen MR) is 95.7 cm³/mol. The summed E-state index contributed by atoms with van der Waals surface area (Å²) in [6.45, 7) is 4.67. The quantitative estimate of drug-likeness (QED) is 0.451. The normalized spacial score (nSPS) is 11.6. The van der Waals surface area contributed by atoms with Crippen molar-refractivity contribution < 1.29 is 19.0 Å². The van der Waals surface area contributed by atoms with Crippen LogP contribution in [-0.2, 0) is 11.4 Å². The van der Waals surface area contributed by atoms with Crippen LogP contribution in [0, 0.1) is 0 Å². The van der Waals surface area contributed by atoms with Crippen LogP contribution in [0.25, 0.3) is 0 Å². The largest absolute Gasteiger partial charge is 0.506 e. The standard InChI is InChI=1S/C18H20ClN3O3/c1-3-10-20-18(24)15-6-4-14(5-7-15)12-25-22(19)13(2)17-9-8-16(23)11-21-17/h4-9,11H,3,10,12H2,1-2H3,(H,20,24)/p+1. The molecule has 0 bridgehead atoms. The summed E-state index contributed by atoms with van der Waals surface area (Å²) < 4.78 is 1.11. The maximum atomic E-state index is 11.9. The van der Waals surface area contributed by atoms with E-state index in [2.05, 4.69) is 10.3 Å². The lowest BCUT2D eigenvalue weighted by atomic mass is 10.1. The fraction of sp³-hybridized carbons (Fsp3) is 0.278. The lowest BCUT2D eigenvalue weighted by molar-refractivity contribution is -0.688. The van der Waals surface area contributed by atoms with Crippen LogP contribution in [-0.4, -0.2) is 32.5 Å². The van der Waals surface area contributed by atoms with E-state index >= 15 is 0 Å². The number of halogens is 1. The molecule has 0 saturated heterocycles. The molecule has 0 unspecified atom stereocenters. The third-order valence-corrected chi connectivity index (χ3v) is 3.83. The number of carbonyl (C=O) groups excluding carboxylic acids is 1.